The van der Waals surface area contributed by atoms with E-state index in [4.69, 9.17) is 45.8 Å². The molecular formula is C59H48BClF4N8NaO11S4. The van der Waals surface area contributed by atoms with Gasteiger partial charge in [-0.1, -0.05) is 11.6 Å². The van der Waals surface area contributed by atoms with E-state index in [1.807, 2.05) is 48.5 Å². The van der Waals surface area contributed by atoms with E-state index in [0.717, 1.165) is 79.1 Å². The van der Waals surface area contributed by atoms with E-state index < -0.39 is 27.2 Å². The largest absolute Gasteiger partial charge is 1.00 e. The van der Waals surface area contributed by atoms with Gasteiger partial charge in [0, 0.05) is 71.2 Å². The Morgan fingerprint density at radius 1 is 0.528 bits per heavy atom. The predicted octanol–water partition coefficient (Wildman–Crippen LogP) is 12.9. The smallest absolute Gasteiger partial charge is 1.00 e. The number of ether oxygens (including phenoxy) is 6. The SMILES string of the molecule is CNc1ccc(-c2nc3ccc(O)cc3s2)cc1F.COCOc1ccc2nc(-c3ccc(N)c([18F])c3)sc2c1.COCOc1ccc2nc(-c3ccc([N+](=O)[O-])c(Cl)c3)sc2c1.COCOc1ccc2nc(-c3ccc([N+](=O)[O-])c([18F])c3)sc2c1.[18FH].[B].[H-].[Na+]. The fraction of sp³-hybridized carbons (Fsp3) is 0.119. The van der Waals surface area contributed by atoms with Crippen molar-refractivity contribution in [1.82, 2.24) is 19.9 Å². The molecule has 0 aliphatic carbocycles. The number of nitro groups is 2. The first kappa shape index (κ1) is 70.0. The van der Waals surface area contributed by atoms with Crippen molar-refractivity contribution in [3.8, 4) is 65.3 Å². The summed E-state index contributed by atoms with van der Waals surface area (Å²) in [5.74, 6) is 0.636. The van der Waals surface area contributed by atoms with Crippen LogP contribution in [0, 0.1) is 37.7 Å². The Bertz CT molecular complexity index is 4300. The number of nitrogens with zero attached hydrogens (tertiary/aromatic N) is 6. The second-order valence-corrected chi connectivity index (χ2v) is 22.3. The molecule has 0 aliphatic rings. The number of halogens is 5. The van der Waals surface area contributed by atoms with Crippen LogP contribution in [0.3, 0.4) is 0 Å². The molecule has 30 heteroatoms. The summed E-state index contributed by atoms with van der Waals surface area (Å²) in [7, 11) is 6.34. The summed E-state index contributed by atoms with van der Waals surface area (Å²) in [6.45, 7) is 0.514. The summed E-state index contributed by atoms with van der Waals surface area (Å²) >= 11 is 11.7. The molecule has 8 aromatic carbocycles. The van der Waals surface area contributed by atoms with E-state index in [9.17, 15) is 38.5 Å². The molecule has 0 saturated carbocycles. The molecule has 0 fully saturated rings. The van der Waals surface area contributed by atoms with E-state index in [-0.39, 0.29) is 92.4 Å². The van der Waals surface area contributed by atoms with Gasteiger partial charge in [0.2, 0.25) is 5.82 Å². The van der Waals surface area contributed by atoms with E-state index >= 15 is 0 Å². The van der Waals surface area contributed by atoms with Crippen LogP contribution in [0.4, 0.5) is 40.6 Å². The van der Waals surface area contributed by atoms with Gasteiger partial charge in [0.1, 0.15) is 59.7 Å². The van der Waals surface area contributed by atoms with Gasteiger partial charge in [0.05, 0.1) is 62.1 Å². The number of benzene rings is 8. The minimum absolute atomic E-state index is 0. The van der Waals surface area contributed by atoms with Crippen molar-refractivity contribution in [3.05, 3.63) is 188 Å². The molecule has 0 saturated heterocycles. The van der Waals surface area contributed by atoms with Gasteiger partial charge in [-0.25, -0.2) is 28.7 Å². The molecule has 0 bridgehead atoms. The minimum Gasteiger partial charge on any atom is -1.00 e. The number of nitrogens with two attached hydrogens (primary N) is 1. The van der Waals surface area contributed by atoms with Crippen LogP contribution in [-0.2, 0) is 14.2 Å². The van der Waals surface area contributed by atoms with Crippen LogP contribution in [0.5, 0.6) is 23.0 Å². The van der Waals surface area contributed by atoms with Gasteiger partial charge >= 0.3 is 35.2 Å². The third-order valence-corrected chi connectivity index (χ3v) is 16.6. The number of phenolic OH excluding ortho intramolecular Hbond substituents is 1. The van der Waals surface area contributed by atoms with Crippen molar-refractivity contribution >= 4 is 129 Å². The fourth-order valence-electron chi connectivity index (χ4n) is 7.86. The van der Waals surface area contributed by atoms with Crippen molar-refractivity contribution in [2.45, 2.75) is 0 Å². The van der Waals surface area contributed by atoms with Crippen LogP contribution in [-0.4, -0.2) is 92.1 Å². The zero-order valence-electron chi connectivity index (χ0n) is 48.4. The van der Waals surface area contributed by atoms with Crippen molar-refractivity contribution in [1.29, 1.82) is 0 Å². The first-order valence-electron chi connectivity index (χ1n) is 25.1. The zero-order chi connectivity index (χ0) is 61.0. The summed E-state index contributed by atoms with van der Waals surface area (Å²) in [4.78, 5) is 38.1. The number of aromatic hydroxyl groups is 1. The topological polar surface area (TPSA) is 251 Å². The minimum atomic E-state index is -0.879. The van der Waals surface area contributed by atoms with E-state index in [1.54, 1.807) is 81.9 Å². The Hall–Kier alpha value is -8.13. The van der Waals surface area contributed by atoms with E-state index in [2.05, 4.69) is 25.3 Å². The average Bonchev–Trinajstić information content (AvgIpc) is 2.85. The number of thiazole rings is 4. The number of phenols is 1. The molecule has 3 radical (unpaired) electrons. The summed E-state index contributed by atoms with van der Waals surface area (Å²) in [6.07, 6.45) is 0. The number of aromatic nitrogens is 4. The third kappa shape index (κ3) is 17.6. The Kier molecular flexibility index (Phi) is 25.5. The Balaban J connectivity index is 0.000000215. The van der Waals surface area contributed by atoms with Crippen molar-refractivity contribution < 1.29 is 92.2 Å². The predicted molar refractivity (Wildman–Crippen MR) is 341 cm³/mol. The summed E-state index contributed by atoms with van der Waals surface area (Å²) in [6, 6.07) is 39.5. The molecule has 4 heterocycles. The first-order valence-corrected chi connectivity index (χ1v) is 28.7. The Labute approximate surface area is 550 Å². The van der Waals surface area contributed by atoms with Gasteiger partial charge in [0.25, 0.3) is 5.69 Å². The number of nitrogen functional groups attached to an aromatic ring is 1. The molecule has 4 N–H and O–H groups in total. The first-order chi connectivity index (χ1) is 41.5. The van der Waals surface area contributed by atoms with Gasteiger partial charge in [-0.15, -0.1) is 45.3 Å². The maximum Gasteiger partial charge on any atom is 1.00 e. The van der Waals surface area contributed by atoms with Crippen molar-refractivity contribution in [3.63, 3.8) is 0 Å². The quantitative estimate of drug-likeness (QED) is 0.0203. The number of methoxy groups -OCH3 is 3. The molecule has 12 rings (SSSR count). The number of rotatable bonds is 16. The molecule has 12 aromatic rings. The molecule has 0 atom stereocenters. The van der Waals surface area contributed by atoms with Gasteiger partial charge in [0.15, 0.2) is 20.4 Å². The molecule has 0 spiro atoms. The Morgan fingerprint density at radius 2 is 0.888 bits per heavy atom. The number of nitrogens with one attached hydrogen (secondary N) is 1. The van der Waals surface area contributed by atoms with Crippen molar-refractivity contribution in [2.75, 3.05) is 59.8 Å². The number of fused-ring (bicyclic) bond motifs is 4. The number of nitro benzene ring substituents is 2. The van der Waals surface area contributed by atoms with Gasteiger partial charge in [-0.05, 0) is 133 Å². The number of anilines is 2. The standard InChI is InChI=1S/C15H11ClN2O4S.C15H11FN2O4S.C15H13FN2O2S.C14H11FN2OS.B.FH.Na.H/c2*1-21-8-22-10-3-4-12-14(7-10)23-15(17-12)9-2-5-13(18(19)20)11(16)6-9;1-19-8-20-10-3-5-13-14(7-10)21-15(18-13)9-2-4-12(17)11(16)6-9;1-16-11-4-2-8(6-10(11)15)14-17-12-5-3-9(18)7-13(12)19-14;;;;/h2*2-7H,8H2,1H3;2-7H,8,17H2,1H3;2-7,16,18H,1H3;;1H;;/q;;;;;;+1;-1/i;2*16-1;;;1-1;;. The number of hydrogen-bond donors (Lipinski definition) is 3. The summed E-state index contributed by atoms with van der Waals surface area (Å²) < 4.78 is 75.4. The van der Waals surface area contributed by atoms with Crippen LogP contribution in [0.25, 0.3) is 83.2 Å². The monoisotopic (exact) mass is 1310 g/mol. The van der Waals surface area contributed by atoms with Crippen LogP contribution in [0.15, 0.2) is 146 Å². The average molecular weight is 1320 g/mol. The van der Waals surface area contributed by atoms with E-state index in [0.29, 0.717) is 39.1 Å². The van der Waals surface area contributed by atoms with Crippen LogP contribution < -0.4 is 54.8 Å². The Morgan fingerprint density at radius 3 is 1.26 bits per heavy atom. The third-order valence-electron chi connectivity index (χ3n) is 12.0. The second-order valence-electron chi connectivity index (χ2n) is 17.8. The second kappa shape index (κ2) is 32.4. The summed E-state index contributed by atoms with van der Waals surface area (Å²) in [5.41, 5.74) is 11.3. The van der Waals surface area contributed by atoms with E-state index in [1.165, 1.54) is 76.7 Å². The van der Waals surface area contributed by atoms with Crippen molar-refractivity contribution in [2.24, 2.45) is 0 Å². The number of hydrogen-bond acceptors (Lipinski definition) is 21. The zero-order valence-corrected chi connectivity index (χ0v) is 53.4. The van der Waals surface area contributed by atoms with Crippen LogP contribution in [0.1, 0.15) is 1.43 Å². The molecule has 0 aliphatic heterocycles. The van der Waals surface area contributed by atoms with Gasteiger partial charge < -0.3 is 46.0 Å². The molecule has 4 aromatic heterocycles. The molecule has 0 unspecified atom stereocenters. The maximum atomic E-state index is 13.7. The van der Waals surface area contributed by atoms with Crippen LogP contribution >= 0.6 is 56.9 Å². The van der Waals surface area contributed by atoms with Gasteiger partial charge in [-0.3, -0.25) is 24.9 Å². The molecule has 453 valence electrons. The molecule has 19 nitrogen and oxygen atoms in total. The summed E-state index contributed by atoms with van der Waals surface area (Å²) in [5, 5.41) is 36.6. The normalized spacial score (nSPS) is 10.5. The molecular weight excluding hydrogens is 1270 g/mol. The van der Waals surface area contributed by atoms with Gasteiger partial charge in [-0.2, -0.15) is 4.39 Å². The fourth-order valence-corrected chi connectivity index (χ4v) is 12.1. The van der Waals surface area contributed by atoms with Crippen LogP contribution in [0.2, 0.25) is 5.02 Å². The molecule has 89 heavy (non-hydrogen) atoms. The maximum absolute atomic E-state index is 13.7. The molecule has 0 amide bonds.